The second-order valence-corrected chi connectivity index (χ2v) is 7.84. The average Bonchev–Trinajstić information content (AvgIpc) is 3.23. The highest BCUT2D eigenvalue weighted by Crippen LogP contribution is 2.27. The highest BCUT2D eigenvalue weighted by atomic mass is 32.2. The van der Waals surface area contributed by atoms with Crippen LogP contribution in [0.15, 0.2) is 59.6 Å². The van der Waals surface area contributed by atoms with Gasteiger partial charge >= 0.3 is 0 Å². The van der Waals surface area contributed by atoms with Crippen molar-refractivity contribution in [2.45, 2.75) is 11.4 Å². The van der Waals surface area contributed by atoms with Crippen molar-refractivity contribution in [1.29, 1.82) is 0 Å². The van der Waals surface area contributed by atoms with Gasteiger partial charge in [0.05, 0.1) is 27.0 Å². The first-order valence-electron chi connectivity index (χ1n) is 8.91. The van der Waals surface area contributed by atoms with E-state index in [1.165, 1.54) is 37.2 Å². The van der Waals surface area contributed by atoms with Crippen LogP contribution in [0.3, 0.4) is 0 Å². The van der Waals surface area contributed by atoms with E-state index in [1.54, 1.807) is 30.3 Å². The lowest BCUT2D eigenvalue weighted by molar-refractivity contribution is 0.102. The number of carbonyl (C=O) groups excluding carboxylic acids is 1. The first kappa shape index (κ1) is 21.3. The van der Waals surface area contributed by atoms with Crippen LogP contribution >= 0.6 is 0 Å². The van der Waals surface area contributed by atoms with Gasteiger partial charge in [0.1, 0.15) is 16.4 Å². The van der Waals surface area contributed by atoms with Gasteiger partial charge in [0.15, 0.2) is 5.69 Å². The zero-order valence-electron chi connectivity index (χ0n) is 16.4. The number of amides is 1. The summed E-state index contributed by atoms with van der Waals surface area (Å²) in [6, 6.07) is 13.5. The third-order valence-electron chi connectivity index (χ3n) is 4.10. The van der Waals surface area contributed by atoms with E-state index in [0.29, 0.717) is 11.4 Å². The van der Waals surface area contributed by atoms with E-state index < -0.39 is 15.9 Å². The minimum absolute atomic E-state index is 0.0335. The predicted octanol–water partition coefficient (Wildman–Crippen LogP) is 1.53. The van der Waals surface area contributed by atoms with Crippen molar-refractivity contribution >= 4 is 21.6 Å². The third-order valence-corrected chi connectivity index (χ3v) is 5.58. The summed E-state index contributed by atoms with van der Waals surface area (Å²) in [5, 5.41) is 10.4. The van der Waals surface area contributed by atoms with Crippen LogP contribution in [-0.2, 0) is 16.6 Å². The second-order valence-electron chi connectivity index (χ2n) is 6.10. The van der Waals surface area contributed by atoms with Crippen molar-refractivity contribution in [3.8, 4) is 11.5 Å². The molecule has 0 saturated carbocycles. The van der Waals surface area contributed by atoms with Gasteiger partial charge in [-0.25, -0.2) is 13.1 Å². The Kier molecular flexibility index (Phi) is 6.65. The summed E-state index contributed by atoms with van der Waals surface area (Å²) < 4.78 is 39.3. The van der Waals surface area contributed by atoms with E-state index in [2.05, 4.69) is 20.4 Å². The zero-order valence-corrected chi connectivity index (χ0v) is 17.2. The number of aromatic nitrogens is 3. The number of sulfonamides is 1. The Morgan fingerprint density at radius 3 is 2.57 bits per heavy atom. The van der Waals surface area contributed by atoms with E-state index >= 15 is 0 Å². The number of ether oxygens (including phenoxy) is 2. The van der Waals surface area contributed by atoms with E-state index in [0.717, 1.165) is 0 Å². The monoisotopic (exact) mass is 431 g/mol. The Hall–Kier alpha value is -3.44. The Balaban J connectivity index is 1.61. The average molecular weight is 431 g/mol. The number of hydrogen-bond acceptors (Lipinski definition) is 7. The number of para-hydroxylation sites is 1. The molecule has 158 valence electrons. The van der Waals surface area contributed by atoms with E-state index in [4.69, 9.17) is 9.47 Å². The van der Waals surface area contributed by atoms with Crippen LogP contribution in [0.1, 0.15) is 10.5 Å². The van der Waals surface area contributed by atoms with Gasteiger partial charge in [-0.05, 0) is 24.3 Å². The van der Waals surface area contributed by atoms with Crippen molar-refractivity contribution in [1.82, 2.24) is 19.7 Å². The molecule has 0 bridgehead atoms. The fraction of sp³-hybridized carbons (Fsp3) is 0.211. The molecule has 1 aromatic heterocycles. The number of methoxy groups -OCH3 is 2. The van der Waals surface area contributed by atoms with Gasteiger partial charge in [-0.1, -0.05) is 23.4 Å². The molecule has 11 heteroatoms. The molecule has 0 aliphatic heterocycles. The fourth-order valence-corrected chi connectivity index (χ4v) is 3.80. The van der Waals surface area contributed by atoms with Gasteiger partial charge in [0, 0.05) is 18.3 Å². The molecule has 0 atom stereocenters. The molecular weight excluding hydrogens is 410 g/mol. The lowest BCUT2D eigenvalue weighted by Gasteiger charge is -2.12. The molecule has 0 aliphatic rings. The number of nitrogens with zero attached hydrogens (tertiary/aromatic N) is 3. The molecular formula is C19H21N5O5S. The largest absolute Gasteiger partial charge is 0.497 e. The maximum absolute atomic E-state index is 12.6. The molecule has 3 aromatic rings. The Labute approximate surface area is 173 Å². The van der Waals surface area contributed by atoms with E-state index in [1.807, 2.05) is 6.07 Å². The Bertz CT molecular complexity index is 1120. The third kappa shape index (κ3) is 5.13. The quantitative estimate of drug-likeness (QED) is 0.526. The highest BCUT2D eigenvalue weighted by Gasteiger charge is 2.20. The van der Waals surface area contributed by atoms with Gasteiger partial charge in [0.25, 0.3) is 5.91 Å². The van der Waals surface area contributed by atoms with Gasteiger partial charge in [-0.15, -0.1) is 5.10 Å². The molecule has 0 spiro atoms. The Morgan fingerprint density at radius 1 is 1.10 bits per heavy atom. The lowest BCUT2D eigenvalue weighted by atomic mass is 10.3. The number of carbonyl (C=O) groups is 1. The van der Waals surface area contributed by atoms with Crippen LogP contribution < -0.4 is 19.5 Å². The van der Waals surface area contributed by atoms with Crippen LogP contribution in [0.2, 0.25) is 0 Å². The molecule has 2 aromatic carbocycles. The van der Waals surface area contributed by atoms with Crippen LogP contribution in [-0.4, -0.2) is 50.1 Å². The van der Waals surface area contributed by atoms with Gasteiger partial charge in [-0.3, -0.25) is 9.48 Å². The summed E-state index contributed by atoms with van der Waals surface area (Å²) in [7, 11) is -1.02. The van der Waals surface area contributed by atoms with Crippen molar-refractivity contribution < 1.29 is 22.7 Å². The summed E-state index contributed by atoms with van der Waals surface area (Å²) >= 11 is 0. The smallest absolute Gasteiger partial charge is 0.277 e. The topological polar surface area (TPSA) is 124 Å². The molecule has 3 rings (SSSR count). The molecule has 0 unspecified atom stereocenters. The molecule has 30 heavy (non-hydrogen) atoms. The first-order valence-corrected chi connectivity index (χ1v) is 10.4. The molecule has 0 radical (unpaired) electrons. The molecule has 0 aliphatic carbocycles. The second kappa shape index (κ2) is 9.37. The predicted molar refractivity (Wildman–Crippen MR) is 109 cm³/mol. The fourth-order valence-electron chi connectivity index (χ4n) is 2.59. The molecule has 0 saturated heterocycles. The normalized spacial score (nSPS) is 11.1. The molecule has 1 amide bonds. The number of rotatable bonds is 9. The number of anilines is 1. The Morgan fingerprint density at radius 2 is 1.87 bits per heavy atom. The van der Waals surface area contributed by atoms with Crippen molar-refractivity contribution in [3.63, 3.8) is 0 Å². The van der Waals surface area contributed by atoms with Crippen molar-refractivity contribution in [2.75, 3.05) is 26.1 Å². The maximum atomic E-state index is 12.6. The molecule has 2 N–H and O–H groups in total. The van der Waals surface area contributed by atoms with Crippen LogP contribution in [0.25, 0.3) is 0 Å². The maximum Gasteiger partial charge on any atom is 0.277 e. The van der Waals surface area contributed by atoms with Crippen LogP contribution in [0.4, 0.5) is 5.69 Å². The number of nitrogens with one attached hydrogen (secondary N) is 2. The molecule has 0 fully saturated rings. The summed E-state index contributed by atoms with van der Waals surface area (Å²) in [6.45, 7) is 0.211. The highest BCUT2D eigenvalue weighted by molar-refractivity contribution is 7.89. The SMILES string of the molecule is COc1ccc(OC)c(S(=O)(=O)NCCn2cc(C(=O)Nc3ccccc3)nn2)c1. The molecule has 1 heterocycles. The van der Waals surface area contributed by atoms with Crippen LogP contribution in [0, 0.1) is 0 Å². The van der Waals surface area contributed by atoms with Gasteiger partial charge < -0.3 is 14.8 Å². The minimum atomic E-state index is -3.85. The number of hydrogen-bond donors (Lipinski definition) is 2. The van der Waals surface area contributed by atoms with Gasteiger partial charge in [-0.2, -0.15) is 0 Å². The van der Waals surface area contributed by atoms with Crippen molar-refractivity contribution in [2.24, 2.45) is 0 Å². The van der Waals surface area contributed by atoms with Gasteiger partial charge in [0.2, 0.25) is 10.0 Å². The summed E-state index contributed by atoms with van der Waals surface area (Å²) in [4.78, 5) is 12.2. The standard InChI is InChI=1S/C19H21N5O5S/c1-28-15-8-9-17(29-2)18(12-15)30(26,27)20-10-11-24-13-16(22-23-24)19(25)21-14-6-4-3-5-7-14/h3-9,12-13,20H,10-11H2,1-2H3,(H,21,25). The summed E-state index contributed by atoms with van der Waals surface area (Å²) in [6.07, 6.45) is 1.44. The lowest BCUT2D eigenvalue weighted by Crippen LogP contribution is -2.28. The van der Waals surface area contributed by atoms with E-state index in [-0.39, 0.29) is 29.4 Å². The zero-order chi connectivity index (χ0) is 21.6. The summed E-state index contributed by atoms with van der Waals surface area (Å²) in [5.74, 6) is 0.180. The van der Waals surface area contributed by atoms with Crippen LogP contribution in [0.5, 0.6) is 11.5 Å². The van der Waals surface area contributed by atoms with Crippen molar-refractivity contribution in [3.05, 3.63) is 60.4 Å². The number of benzene rings is 2. The minimum Gasteiger partial charge on any atom is -0.497 e. The summed E-state index contributed by atoms with van der Waals surface area (Å²) in [5.41, 5.74) is 0.758. The molecule has 10 nitrogen and oxygen atoms in total. The van der Waals surface area contributed by atoms with E-state index in [9.17, 15) is 13.2 Å². The first-order chi connectivity index (χ1) is 14.4.